The van der Waals surface area contributed by atoms with Crippen LogP contribution in [0.1, 0.15) is 110 Å². The Bertz CT molecular complexity index is 2700. The van der Waals surface area contributed by atoms with Crippen LogP contribution in [0.15, 0.2) is 23.2 Å². The molecule has 11 N–H and O–H groups in total. The molecule has 3 unspecified atom stereocenters. The number of aliphatic hydroxyl groups is 3. The molecule has 8 bridgehead atoms. The van der Waals surface area contributed by atoms with Crippen LogP contribution in [-0.4, -0.2) is 175 Å². The van der Waals surface area contributed by atoms with Gasteiger partial charge >= 0.3 is 0 Å². The van der Waals surface area contributed by atoms with Crippen LogP contribution in [0.2, 0.25) is 0 Å². The minimum atomic E-state index is -2.29. The molecule has 0 spiro atoms. The van der Waals surface area contributed by atoms with E-state index in [-0.39, 0.29) is 62.0 Å². The number of H-pyrrole nitrogens is 1. The minimum Gasteiger partial charge on any atom is -0.465 e. The fraction of sp³-hybridized carbons (Fsp3) is 0.648. The summed E-state index contributed by atoms with van der Waals surface area (Å²) in [5.41, 5.74) is 4.44. The van der Waals surface area contributed by atoms with Crippen LogP contribution in [0.25, 0.3) is 10.9 Å². The molecule has 1 aromatic heterocycles. The molecule has 5 aliphatic rings. The van der Waals surface area contributed by atoms with Crippen molar-refractivity contribution in [2.24, 2.45) is 35.3 Å². The number of ketones is 3. The first-order chi connectivity index (χ1) is 37.5. The molecular weight excluding hydrogens is 1050 g/mol. The Morgan fingerprint density at radius 2 is 1.56 bits per heavy atom. The van der Waals surface area contributed by atoms with Crippen LogP contribution in [0.3, 0.4) is 0 Å². The van der Waals surface area contributed by atoms with E-state index in [0.717, 1.165) is 11.8 Å². The van der Waals surface area contributed by atoms with Gasteiger partial charge in [-0.15, -0.1) is 11.8 Å². The summed E-state index contributed by atoms with van der Waals surface area (Å²) in [7, 11) is 0. The second-order valence-corrected chi connectivity index (χ2v) is 23.0. The number of likely N-dealkylation sites (tertiary alicyclic amines) is 1. The highest BCUT2D eigenvalue weighted by Gasteiger charge is 2.57. The second kappa shape index (κ2) is 26.3. The molecule has 1 aromatic carbocycles. The van der Waals surface area contributed by atoms with Crippen molar-refractivity contribution in [1.29, 1.82) is 0 Å². The molecule has 25 heteroatoms. The molecular formula is C54H75N9O15S. The molecule has 2 fully saturated rings. The maximum Gasteiger partial charge on any atom is 0.243 e. The van der Waals surface area contributed by atoms with Crippen molar-refractivity contribution in [3.63, 3.8) is 0 Å². The zero-order valence-corrected chi connectivity index (χ0v) is 46.0. The number of aliphatic hydroxyl groups excluding tert-OH is 3. The smallest absolute Gasteiger partial charge is 0.243 e. The summed E-state index contributed by atoms with van der Waals surface area (Å²) in [6, 6.07) is -0.848. The Morgan fingerprint density at radius 3 is 2.24 bits per heavy atom. The average molecular weight is 1120 g/mol. The lowest BCUT2D eigenvalue weighted by atomic mass is 9.82. The number of ether oxygens (including phenoxy) is 1. The van der Waals surface area contributed by atoms with Crippen molar-refractivity contribution < 1.29 is 72.8 Å². The van der Waals surface area contributed by atoms with Crippen LogP contribution < -0.4 is 37.1 Å². The largest absolute Gasteiger partial charge is 0.465 e. The lowest BCUT2D eigenvalue weighted by Crippen LogP contribution is -2.65. The van der Waals surface area contributed by atoms with E-state index in [2.05, 4.69) is 31.6 Å². The van der Waals surface area contributed by atoms with Crippen LogP contribution in [0, 0.1) is 29.6 Å². The van der Waals surface area contributed by atoms with E-state index in [1.807, 2.05) is 0 Å². The molecule has 6 heterocycles. The summed E-state index contributed by atoms with van der Waals surface area (Å²) >= 11 is 1.07. The molecule has 2 saturated heterocycles. The molecule has 0 radical (unpaired) electrons. The van der Waals surface area contributed by atoms with Crippen LogP contribution in [0.4, 0.5) is 0 Å². The van der Waals surface area contributed by atoms with Gasteiger partial charge in [-0.3, -0.25) is 57.6 Å². The predicted octanol–water partition coefficient (Wildman–Crippen LogP) is -0.593. The lowest BCUT2D eigenvalue weighted by Gasteiger charge is -2.45. The number of Topliss-reactive ketones (excluding diaryl/α,β-unsaturated/α-hetero) is 3. The van der Waals surface area contributed by atoms with Gasteiger partial charge in [-0.2, -0.15) is 0 Å². The number of hydrogen-bond donors (Lipinski definition) is 10. The highest BCUT2D eigenvalue weighted by molar-refractivity contribution is 7.99. The number of imide groups is 1. The number of thioether (sulfide) groups is 1. The van der Waals surface area contributed by atoms with Crippen molar-refractivity contribution in [2.75, 3.05) is 38.5 Å². The first kappa shape index (κ1) is 60.4. The standard InChI is InChI=1S/C54H75N9O15S/c1-5-27(2)46-51(76)57-22-43(70)58-37-26-79-52-35-16-31(49(74)56-23-44(71)60-46)18-40(67)47(29(4)41(68)25-64)61-50(75)38-20-32(65)24-63(38)54(48(73)30(17-39(37)66)19-42(55)69,78-33-11-12-34(35)36(21-33)59-52)13-9-7-6-8-10-14-62-45(72)15-28(3)53(62)77/h11-12,21,27-32,37-38,41,46-47,59,64-65,68H,5-10,13-20,22-26H2,1-4H3,(H2,55,69)(H,56,74)(H,57,76)(H,58,70)(H,60,71)(H,61,75)/t27-,28?,29-,30-,31+,32?,37-,38-,41-,46-,47-,54?/m0/s1. The molecule has 5 aliphatic heterocycles. The third kappa shape index (κ3) is 14.0. The van der Waals surface area contributed by atoms with E-state index in [9.17, 15) is 58.5 Å². The maximum atomic E-state index is 16.1. The number of nitrogens with one attached hydrogen (secondary N) is 6. The molecule has 8 amide bonds. The number of unbranched alkanes of at least 4 members (excludes halogenated alkanes) is 4. The minimum absolute atomic E-state index is 0.0784. The zero-order valence-electron chi connectivity index (χ0n) is 45.1. The molecule has 0 saturated carbocycles. The molecule has 79 heavy (non-hydrogen) atoms. The van der Waals surface area contributed by atoms with Crippen molar-refractivity contribution in [3.8, 4) is 5.75 Å². The quantitative estimate of drug-likeness (QED) is 0.0787. The van der Waals surface area contributed by atoms with Gasteiger partial charge in [-0.05, 0) is 49.3 Å². The van der Waals surface area contributed by atoms with Gasteiger partial charge in [0.2, 0.25) is 53.0 Å². The van der Waals surface area contributed by atoms with Gasteiger partial charge in [0.25, 0.3) is 0 Å². The number of rotatable bonds is 15. The summed E-state index contributed by atoms with van der Waals surface area (Å²) in [6.45, 7) is 4.34. The number of amides is 8. The summed E-state index contributed by atoms with van der Waals surface area (Å²) < 4.78 is 7.02. The van der Waals surface area contributed by atoms with Crippen LogP contribution in [0.5, 0.6) is 5.75 Å². The Labute approximate surface area is 461 Å². The number of aromatic amines is 1. The summed E-state index contributed by atoms with van der Waals surface area (Å²) in [4.78, 5) is 161. The van der Waals surface area contributed by atoms with Crippen molar-refractivity contribution in [1.82, 2.24) is 41.4 Å². The van der Waals surface area contributed by atoms with Gasteiger partial charge in [0.1, 0.15) is 11.8 Å². The number of carbonyl (C=O) groups is 11. The number of primary amides is 1. The SMILES string of the molecule is CC[C@H](C)[C@@H]1NC(=O)CNC(=O)[C@H]2CC(=O)[C@H]([C@@H](C)[C@@H](O)CO)NC(=O)[C@@H]3CC(O)CN3C3(CCCCCCCN4C(=O)CC(C)C4=O)Oc4ccc5c(c([nH]c5c4)SC[C@H](NC(=O)CNC1=O)C(=O)C[C@@H](CC(N)=O)C3=O)C2. The number of hydrogen-bond acceptors (Lipinski definition) is 17. The number of nitrogens with zero attached hydrogens (tertiary/aromatic N) is 2. The number of nitrogens with two attached hydrogens (primary N) is 1. The third-order valence-corrected chi connectivity index (χ3v) is 17.3. The Morgan fingerprint density at radius 1 is 0.861 bits per heavy atom. The topological polar surface area (TPSA) is 366 Å². The number of benzene rings is 1. The highest BCUT2D eigenvalue weighted by atomic mass is 32.2. The first-order valence-electron chi connectivity index (χ1n) is 27.4. The lowest BCUT2D eigenvalue weighted by molar-refractivity contribution is -0.168. The van der Waals surface area contributed by atoms with E-state index in [1.165, 1.54) is 16.7 Å². The fourth-order valence-corrected chi connectivity index (χ4v) is 12.6. The van der Waals surface area contributed by atoms with E-state index < -0.39 is 170 Å². The Balaban J connectivity index is 1.41. The van der Waals surface area contributed by atoms with E-state index in [4.69, 9.17) is 10.5 Å². The highest BCUT2D eigenvalue weighted by Crippen LogP contribution is 2.42. The second-order valence-electron chi connectivity index (χ2n) is 22.0. The number of carbonyl (C=O) groups excluding carboxylic acids is 11. The van der Waals surface area contributed by atoms with E-state index >= 15 is 9.59 Å². The normalized spacial score (nSPS) is 29.2. The Hall–Kier alpha value is -6.28. The first-order valence-corrected chi connectivity index (χ1v) is 28.4. The fourth-order valence-electron chi connectivity index (χ4n) is 11.4. The molecule has 7 rings (SSSR count). The van der Waals surface area contributed by atoms with Crippen molar-refractivity contribution >= 4 is 87.3 Å². The van der Waals surface area contributed by atoms with Crippen LogP contribution in [-0.2, 0) is 59.2 Å². The molecule has 12 atom stereocenters. The van der Waals surface area contributed by atoms with Crippen molar-refractivity contribution in [2.45, 2.75) is 158 Å². The van der Waals surface area contributed by atoms with Crippen molar-refractivity contribution in [3.05, 3.63) is 23.8 Å². The molecule has 24 nitrogen and oxygen atoms in total. The average Bonchev–Trinajstić information content (AvgIpc) is 4.21. The molecule has 2 aromatic rings. The van der Waals surface area contributed by atoms with Gasteiger partial charge in [-0.25, -0.2) is 4.90 Å². The maximum absolute atomic E-state index is 16.1. The van der Waals surface area contributed by atoms with E-state index in [1.54, 1.807) is 39.0 Å². The number of aromatic nitrogens is 1. The molecule has 0 aliphatic carbocycles. The predicted molar refractivity (Wildman–Crippen MR) is 284 cm³/mol. The molecule has 432 valence electrons. The summed E-state index contributed by atoms with van der Waals surface area (Å²) in [6.07, 6.45) is -2.86. The van der Waals surface area contributed by atoms with Gasteiger partial charge < -0.3 is 57.4 Å². The van der Waals surface area contributed by atoms with Crippen LogP contribution >= 0.6 is 11.8 Å². The van der Waals surface area contributed by atoms with Gasteiger partial charge in [-0.1, -0.05) is 53.4 Å². The number of fused-ring (bicyclic) bond motifs is 7. The Kier molecular flexibility index (Phi) is 20.1. The van der Waals surface area contributed by atoms with Gasteiger partial charge in [0.15, 0.2) is 17.3 Å². The third-order valence-electron chi connectivity index (χ3n) is 16.2. The zero-order chi connectivity index (χ0) is 57.5. The van der Waals surface area contributed by atoms with Gasteiger partial charge in [0.05, 0.1) is 60.6 Å². The van der Waals surface area contributed by atoms with Gasteiger partial charge in [0, 0.05) is 86.1 Å². The summed E-state index contributed by atoms with van der Waals surface area (Å²) in [5, 5.41) is 47.0. The summed E-state index contributed by atoms with van der Waals surface area (Å²) in [5.74, 6) is -12.9. The monoisotopic (exact) mass is 1120 g/mol. The van der Waals surface area contributed by atoms with E-state index in [0.29, 0.717) is 53.6 Å².